The van der Waals surface area contributed by atoms with Crippen molar-refractivity contribution in [3.8, 4) is 11.8 Å². The van der Waals surface area contributed by atoms with Gasteiger partial charge in [0, 0.05) is 5.41 Å². The van der Waals surface area contributed by atoms with Crippen molar-refractivity contribution in [2.24, 2.45) is 0 Å². The molecule has 4 aromatic rings. The van der Waals surface area contributed by atoms with Crippen LogP contribution in [0.5, 0.6) is 11.8 Å². The lowest BCUT2D eigenvalue weighted by atomic mass is 10.1. The highest BCUT2D eigenvalue weighted by Crippen LogP contribution is 2.46. The number of ether oxygens (including phenoxy) is 2. The van der Waals surface area contributed by atoms with E-state index in [9.17, 15) is 4.79 Å². The molecule has 0 atom stereocenters. The second-order valence-corrected chi connectivity index (χ2v) is 7.55. The summed E-state index contributed by atoms with van der Waals surface area (Å²) < 4.78 is 13.7. The number of hydrogen-bond acceptors (Lipinski definition) is 7. The van der Waals surface area contributed by atoms with Gasteiger partial charge in [-0.25, -0.2) is 14.2 Å². The topological polar surface area (TPSA) is 96.4 Å². The van der Waals surface area contributed by atoms with Gasteiger partial charge in [-0.05, 0) is 30.5 Å². The molecule has 0 unspecified atom stereocenters. The van der Waals surface area contributed by atoms with Crippen molar-refractivity contribution in [2.45, 2.75) is 31.7 Å². The van der Waals surface area contributed by atoms with Gasteiger partial charge >= 0.3 is 11.7 Å². The van der Waals surface area contributed by atoms with Gasteiger partial charge in [-0.3, -0.25) is 4.57 Å². The van der Waals surface area contributed by atoms with Gasteiger partial charge in [0.25, 0.3) is 0 Å². The quantitative estimate of drug-likeness (QED) is 0.512. The average Bonchev–Trinajstić information content (AvgIpc) is 3.33. The third-order valence-corrected chi connectivity index (χ3v) is 5.56. The molecule has 1 saturated carbocycles. The van der Waals surface area contributed by atoms with Crippen LogP contribution in [0, 0.1) is 0 Å². The van der Waals surface area contributed by atoms with E-state index in [4.69, 9.17) is 9.47 Å². The Morgan fingerprint density at radius 1 is 1.10 bits per heavy atom. The maximum absolute atomic E-state index is 13.5. The standard InChI is InChI=1S/C20H20N6O3/c1-20(8-9-20)17-24-23-16-15-14(10-21-18(22-15)29-3)25(19(27)26(16)17)11-12-4-6-13(28-2)7-5-12/h4-7,10H,8-9,11H2,1-3H3. The van der Waals surface area contributed by atoms with Gasteiger partial charge in [0.05, 0.1) is 32.5 Å². The van der Waals surface area contributed by atoms with Crippen LogP contribution in [-0.4, -0.2) is 43.4 Å². The van der Waals surface area contributed by atoms with Gasteiger partial charge in [-0.1, -0.05) is 19.1 Å². The molecule has 0 spiro atoms. The summed E-state index contributed by atoms with van der Waals surface area (Å²) in [5, 5.41) is 8.65. The molecule has 3 aromatic heterocycles. The van der Waals surface area contributed by atoms with Gasteiger partial charge in [-0.15, -0.1) is 10.2 Å². The highest BCUT2D eigenvalue weighted by atomic mass is 16.5. The van der Waals surface area contributed by atoms with E-state index in [1.807, 2.05) is 24.3 Å². The summed E-state index contributed by atoms with van der Waals surface area (Å²) in [6.45, 7) is 2.46. The van der Waals surface area contributed by atoms with E-state index in [0.29, 0.717) is 29.0 Å². The molecule has 1 aliphatic carbocycles. The molecular weight excluding hydrogens is 372 g/mol. The molecule has 0 radical (unpaired) electrons. The second kappa shape index (κ2) is 6.26. The van der Waals surface area contributed by atoms with Crippen LogP contribution in [0.2, 0.25) is 0 Å². The van der Waals surface area contributed by atoms with Crippen molar-refractivity contribution >= 4 is 16.7 Å². The van der Waals surface area contributed by atoms with E-state index in [1.165, 1.54) is 7.11 Å². The summed E-state index contributed by atoms with van der Waals surface area (Å²) in [6.07, 6.45) is 3.56. The summed E-state index contributed by atoms with van der Waals surface area (Å²) in [4.78, 5) is 22.2. The van der Waals surface area contributed by atoms with Gasteiger partial charge in [0.2, 0.25) is 0 Å². The maximum atomic E-state index is 13.5. The highest BCUT2D eigenvalue weighted by molar-refractivity contribution is 5.87. The van der Waals surface area contributed by atoms with Crippen molar-refractivity contribution in [3.05, 3.63) is 52.3 Å². The number of nitrogens with zero attached hydrogens (tertiary/aromatic N) is 6. The zero-order valence-corrected chi connectivity index (χ0v) is 16.4. The van der Waals surface area contributed by atoms with E-state index in [2.05, 4.69) is 27.1 Å². The fourth-order valence-corrected chi connectivity index (χ4v) is 3.53. The molecule has 29 heavy (non-hydrogen) atoms. The lowest BCUT2D eigenvalue weighted by Gasteiger charge is -2.13. The fourth-order valence-electron chi connectivity index (χ4n) is 3.53. The Morgan fingerprint density at radius 2 is 1.86 bits per heavy atom. The molecule has 1 fully saturated rings. The Balaban J connectivity index is 1.78. The monoisotopic (exact) mass is 392 g/mol. The smallest absolute Gasteiger partial charge is 0.336 e. The van der Waals surface area contributed by atoms with Crippen LogP contribution in [0.15, 0.2) is 35.3 Å². The van der Waals surface area contributed by atoms with E-state index >= 15 is 0 Å². The molecule has 3 heterocycles. The van der Waals surface area contributed by atoms with Crippen LogP contribution >= 0.6 is 0 Å². The van der Waals surface area contributed by atoms with Crippen molar-refractivity contribution in [1.82, 2.24) is 29.1 Å². The molecule has 0 amide bonds. The Morgan fingerprint density at radius 3 is 2.52 bits per heavy atom. The second-order valence-electron chi connectivity index (χ2n) is 7.55. The third-order valence-electron chi connectivity index (χ3n) is 5.56. The van der Waals surface area contributed by atoms with Gasteiger partial charge in [-0.2, -0.15) is 4.98 Å². The summed E-state index contributed by atoms with van der Waals surface area (Å²) in [5.41, 5.74) is 2.18. The van der Waals surface area contributed by atoms with Crippen molar-refractivity contribution < 1.29 is 9.47 Å². The van der Waals surface area contributed by atoms with Crippen LogP contribution < -0.4 is 15.2 Å². The SMILES string of the molecule is COc1ccc(Cn2c(=O)n3c(C4(C)CC4)nnc3c3nc(OC)ncc32)cc1. The fraction of sp³-hybridized carbons (Fsp3) is 0.350. The van der Waals surface area contributed by atoms with Gasteiger partial charge in [0.15, 0.2) is 5.65 Å². The number of hydrogen-bond donors (Lipinski definition) is 0. The summed E-state index contributed by atoms with van der Waals surface area (Å²) >= 11 is 0. The van der Waals surface area contributed by atoms with Crippen LogP contribution in [0.25, 0.3) is 16.7 Å². The largest absolute Gasteiger partial charge is 0.497 e. The van der Waals surface area contributed by atoms with Crippen LogP contribution in [0.3, 0.4) is 0 Å². The van der Waals surface area contributed by atoms with E-state index < -0.39 is 0 Å². The molecule has 0 bridgehead atoms. The summed E-state index contributed by atoms with van der Waals surface area (Å²) in [7, 11) is 3.13. The molecule has 0 aliphatic heterocycles. The predicted molar refractivity (Wildman–Crippen MR) is 106 cm³/mol. The maximum Gasteiger partial charge on any atom is 0.336 e. The van der Waals surface area contributed by atoms with E-state index in [1.54, 1.807) is 22.3 Å². The highest BCUT2D eigenvalue weighted by Gasteiger charge is 2.44. The molecule has 9 heteroatoms. The van der Waals surface area contributed by atoms with Crippen molar-refractivity contribution in [1.29, 1.82) is 0 Å². The number of methoxy groups -OCH3 is 2. The van der Waals surface area contributed by atoms with Crippen LogP contribution in [-0.2, 0) is 12.0 Å². The van der Waals surface area contributed by atoms with Crippen molar-refractivity contribution in [2.75, 3.05) is 14.2 Å². The number of benzene rings is 1. The third kappa shape index (κ3) is 2.72. The Labute approximate surface area is 166 Å². The molecule has 9 nitrogen and oxygen atoms in total. The molecule has 5 rings (SSSR count). The number of aromatic nitrogens is 6. The minimum absolute atomic E-state index is 0.124. The molecule has 1 aliphatic rings. The van der Waals surface area contributed by atoms with Crippen molar-refractivity contribution in [3.63, 3.8) is 0 Å². The van der Waals surface area contributed by atoms with Crippen LogP contribution in [0.1, 0.15) is 31.2 Å². The van der Waals surface area contributed by atoms with E-state index in [-0.39, 0.29) is 17.1 Å². The molecule has 1 aromatic carbocycles. The summed E-state index contributed by atoms with van der Waals surface area (Å²) in [6, 6.07) is 7.82. The zero-order chi connectivity index (χ0) is 20.2. The van der Waals surface area contributed by atoms with E-state index in [0.717, 1.165) is 24.2 Å². The Hall–Kier alpha value is -3.49. The number of rotatable bonds is 5. The molecule has 148 valence electrons. The minimum Gasteiger partial charge on any atom is -0.497 e. The Bertz CT molecular complexity index is 1290. The lowest BCUT2D eigenvalue weighted by molar-refractivity contribution is 0.381. The van der Waals surface area contributed by atoms with Gasteiger partial charge in [0.1, 0.15) is 17.1 Å². The minimum atomic E-state index is -0.204. The van der Waals surface area contributed by atoms with Gasteiger partial charge < -0.3 is 9.47 Å². The average molecular weight is 392 g/mol. The molecule has 0 saturated heterocycles. The first-order valence-electron chi connectivity index (χ1n) is 9.36. The Kier molecular flexibility index (Phi) is 3.80. The zero-order valence-electron chi connectivity index (χ0n) is 16.4. The predicted octanol–water partition coefficient (Wildman–Crippen LogP) is 1.95. The summed E-state index contributed by atoms with van der Waals surface area (Å²) in [5.74, 6) is 1.44. The van der Waals surface area contributed by atoms with Crippen LogP contribution in [0.4, 0.5) is 0 Å². The first kappa shape index (κ1) is 17.6. The first-order valence-corrected chi connectivity index (χ1v) is 9.36. The normalized spacial score (nSPS) is 15.0. The number of fused-ring (bicyclic) bond motifs is 3. The first-order chi connectivity index (χ1) is 14.0. The lowest BCUT2D eigenvalue weighted by Crippen LogP contribution is -2.30. The molecular formula is C20H20N6O3. The molecule has 0 N–H and O–H groups in total.